The van der Waals surface area contributed by atoms with Crippen LogP contribution in [0.1, 0.15) is 18.1 Å². The standard InChI is InChI=1S/C54H39N3O/c1-3-36-15-10-11-20-45(36)43-22-14-23-44(35(43)2)46-31-29-41(33-49(46)39-18-8-5-9-19-39)53-55-52(40-27-25-38(26-28-40)37-16-6-4-7-17-37)56-54(57-53)42-30-32-48-47-21-12-13-24-50(47)58-51(48)34-42/h4-34H,3H2,1-2H3. The van der Waals surface area contributed by atoms with Crippen LogP contribution in [0.5, 0.6) is 0 Å². The lowest BCUT2D eigenvalue weighted by molar-refractivity contribution is 0.669. The van der Waals surface area contributed by atoms with Crippen LogP contribution in [-0.4, -0.2) is 15.0 Å². The normalized spacial score (nSPS) is 11.3. The summed E-state index contributed by atoms with van der Waals surface area (Å²) in [5.74, 6) is 1.79. The predicted molar refractivity (Wildman–Crippen MR) is 239 cm³/mol. The van der Waals surface area contributed by atoms with Gasteiger partial charge in [-0.15, -0.1) is 0 Å². The van der Waals surface area contributed by atoms with E-state index in [0.717, 1.165) is 72.9 Å². The van der Waals surface area contributed by atoms with Crippen molar-refractivity contribution >= 4 is 21.9 Å². The van der Waals surface area contributed by atoms with E-state index in [4.69, 9.17) is 19.4 Å². The molecule has 4 heteroatoms. The smallest absolute Gasteiger partial charge is 0.164 e. The molecule has 4 nitrogen and oxygen atoms in total. The van der Waals surface area contributed by atoms with Crippen molar-refractivity contribution in [2.45, 2.75) is 20.3 Å². The van der Waals surface area contributed by atoms with Gasteiger partial charge >= 0.3 is 0 Å². The van der Waals surface area contributed by atoms with Gasteiger partial charge in [0.15, 0.2) is 17.5 Å². The molecule has 0 radical (unpaired) electrons. The zero-order valence-corrected chi connectivity index (χ0v) is 32.4. The molecule has 0 amide bonds. The molecule has 0 saturated carbocycles. The summed E-state index contributed by atoms with van der Waals surface area (Å²) in [6.45, 7) is 4.46. The number of para-hydroxylation sites is 1. The highest BCUT2D eigenvalue weighted by molar-refractivity contribution is 6.05. The van der Waals surface area contributed by atoms with Crippen molar-refractivity contribution < 1.29 is 4.42 Å². The first kappa shape index (κ1) is 35.0. The minimum absolute atomic E-state index is 0.581. The Hall–Kier alpha value is -7.43. The van der Waals surface area contributed by atoms with Crippen molar-refractivity contribution in [1.82, 2.24) is 15.0 Å². The summed E-state index contributed by atoms with van der Waals surface area (Å²) >= 11 is 0. The van der Waals surface area contributed by atoms with E-state index >= 15 is 0 Å². The predicted octanol–water partition coefficient (Wildman–Crippen LogP) is 14.3. The van der Waals surface area contributed by atoms with Crippen LogP contribution in [0.15, 0.2) is 192 Å². The zero-order valence-electron chi connectivity index (χ0n) is 32.4. The average molecular weight is 746 g/mol. The van der Waals surface area contributed by atoms with Crippen molar-refractivity contribution in [3.8, 4) is 78.7 Å². The Morgan fingerprint density at radius 2 is 0.879 bits per heavy atom. The second-order valence-electron chi connectivity index (χ2n) is 14.7. The highest BCUT2D eigenvalue weighted by Gasteiger charge is 2.19. The highest BCUT2D eigenvalue weighted by atomic mass is 16.3. The quantitative estimate of drug-likeness (QED) is 0.155. The first-order valence-electron chi connectivity index (χ1n) is 19.8. The van der Waals surface area contributed by atoms with Gasteiger partial charge in [-0.3, -0.25) is 0 Å². The number of aromatic nitrogens is 3. The van der Waals surface area contributed by atoms with Gasteiger partial charge in [0.25, 0.3) is 0 Å². The van der Waals surface area contributed by atoms with E-state index in [9.17, 15) is 0 Å². The van der Waals surface area contributed by atoms with E-state index in [1.165, 1.54) is 27.8 Å². The number of nitrogens with zero attached hydrogens (tertiary/aromatic N) is 3. The summed E-state index contributed by atoms with van der Waals surface area (Å²) in [6, 6.07) is 65.8. The maximum atomic E-state index is 6.31. The molecule has 58 heavy (non-hydrogen) atoms. The number of rotatable bonds is 8. The first-order chi connectivity index (χ1) is 28.6. The Bertz CT molecular complexity index is 3090. The third kappa shape index (κ3) is 6.45. The van der Waals surface area contributed by atoms with Crippen LogP contribution >= 0.6 is 0 Å². The van der Waals surface area contributed by atoms with E-state index in [2.05, 4.69) is 172 Å². The Labute approximate surface area is 338 Å². The van der Waals surface area contributed by atoms with Gasteiger partial charge in [0.05, 0.1) is 0 Å². The Kier molecular flexibility index (Phi) is 9.00. The van der Waals surface area contributed by atoms with Crippen LogP contribution in [0.3, 0.4) is 0 Å². The van der Waals surface area contributed by atoms with Crippen LogP contribution in [0.4, 0.5) is 0 Å². The highest BCUT2D eigenvalue weighted by Crippen LogP contribution is 2.41. The summed E-state index contributed by atoms with van der Waals surface area (Å²) in [7, 11) is 0. The van der Waals surface area contributed by atoms with Crippen LogP contribution in [0, 0.1) is 6.92 Å². The molecule has 2 aromatic heterocycles. The van der Waals surface area contributed by atoms with Crippen molar-refractivity contribution in [1.29, 1.82) is 0 Å². The fourth-order valence-corrected chi connectivity index (χ4v) is 8.16. The van der Waals surface area contributed by atoms with Crippen molar-refractivity contribution in [3.05, 3.63) is 199 Å². The number of benzene rings is 8. The molecule has 0 aliphatic heterocycles. The van der Waals surface area contributed by atoms with E-state index in [0.29, 0.717) is 17.5 Å². The monoisotopic (exact) mass is 745 g/mol. The minimum Gasteiger partial charge on any atom is -0.456 e. The van der Waals surface area contributed by atoms with Gasteiger partial charge < -0.3 is 4.42 Å². The molecular weight excluding hydrogens is 707 g/mol. The van der Waals surface area contributed by atoms with Crippen LogP contribution < -0.4 is 0 Å². The molecule has 0 N–H and O–H groups in total. The molecule has 0 unspecified atom stereocenters. The van der Waals surface area contributed by atoms with E-state index in [1.54, 1.807) is 0 Å². The molecule has 10 aromatic rings. The van der Waals surface area contributed by atoms with Crippen LogP contribution in [0.2, 0.25) is 0 Å². The van der Waals surface area contributed by atoms with E-state index < -0.39 is 0 Å². The van der Waals surface area contributed by atoms with E-state index in [-0.39, 0.29) is 0 Å². The second-order valence-corrected chi connectivity index (χ2v) is 14.7. The van der Waals surface area contributed by atoms with Crippen molar-refractivity contribution in [2.24, 2.45) is 0 Å². The fraction of sp³-hybridized carbons (Fsp3) is 0.0556. The lowest BCUT2D eigenvalue weighted by Gasteiger charge is -2.18. The van der Waals surface area contributed by atoms with Crippen LogP contribution in [0.25, 0.3) is 101 Å². The molecule has 0 bridgehead atoms. The molecule has 276 valence electrons. The number of aryl methyl sites for hydroxylation is 1. The van der Waals surface area contributed by atoms with Gasteiger partial charge in [-0.2, -0.15) is 0 Å². The van der Waals surface area contributed by atoms with Gasteiger partial charge in [0, 0.05) is 27.5 Å². The maximum absolute atomic E-state index is 6.31. The number of hydrogen-bond donors (Lipinski definition) is 0. The largest absolute Gasteiger partial charge is 0.456 e. The molecule has 0 saturated heterocycles. The van der Waals surface area contributed by atoms with Gasteiger partial charge in [-0.25, -0.2) is 15.0 Å². The molecule has 0 aliphatic rings. The number of hydrogen-bond acceptors (Lipinski definition) is 4. The Morgan fingerprint density at radius 1 is 0.362 bits per heavy atom. The summed E-state index contributed by atoms with van der Waals surface area (Å²) in [5, 5.41) is 2.15. The third-order valence-electron chi connectivity index (χ3n) is 11.2. The zero-order chi connectivity index (χ0) is 39.0. The third-order valence-corrected chi connectivity index (χ3v) is 11.2. The number of furan rings is 1. The van der Waals surface area contributed by atoms with Gasteiger partial charge in [0.1, 0.15) is 11.2 Å². The van der Waals surface area contributed by atoms with Crippen molar-refractivity contribution in [2.75, 3.05) is 0 Å². The molecular formula is C54H39N3O. The summed E-state index contributed by atoms with van der Waals surface area (Å²) in [5.41, 5.74) is 16.3. The molecule has 2 heterocycles. The lowest BCUT2D eigenvalue weighted by Crippen LogP contribution is -2.01. The molecule has 0 atom stereocenters. The second kappa shape index (κ2) is 14.9. The SMILES string of the molecule is CCc1ccccc1-c1cccc(-c2ccc(-c3nc(-c4ccc(-c5ccccc5)cc4)nc(-c4ccc5c(c4)oc4ccccc45)n3)cc2-c2ccccc2)c1C. The molecule has 8 aromatic carbocycles. The summed E-state index contributed by atoms with van der Waals surface area (Å²) in [4.78, 5) is 15.5. The lowest BCUT2D eigenvalue weighted by atomic mass is 9.86. The van der Waals surface area contributed by atoms with Gasteiger partial charge in [-0.05, 0) is 93.2 Å². The summed E-state index contributed by atoms with van der Waals surface area (Å²) in [6.07, 6.45) is 0.975. The summed E-state index contributed by atoms with van der Waals surface area (Å²) < 4.78 is 6.31. The van der Waals surface area contributed by atoms with Gasteiger partial charge in [-0.1, -0.05) is 171 Å². The topological polar surface area (TPSA) is 51.8 Å². The Morgan fingerprint density at radius 3 is 1.62 bits per heavy atom. The average Bonchev–Trinajstić information content (AvgIpc) is 3.67. The Balaban J connectivity index is 1.14. The number of fused-ring (bicyclic) bond motifs is 3. The molecule has 0 fully saturated rings. The minimum atomic E-state index is 0.581. The van der Waals surface area contributed by atoms with Crippen molar-refractivity contribution in [3.63, 3.8) is 0 Å². The molecule has 0 spiro atoms. The van der Waals surface area contributed by atoms with Gasteiger partial charge in [0.2, 0.25) is 0 Å². The molecule has 10 rings (SSSR count). The van der Waals surface area contributed by atoms with Crippen LogP contribution in [-0.2, 0) is 6.42 Å². The first-order valence-corrected chi connectivity index (χ1v) is 19.8. The molecule has 0 aliphatic carbocycles. The van der Waals surface area contributed by atoms with E-state index in [1.807, 2.05) is 30.3 Å². The fourth-order valence-electron chi connectivity index (χ4n) is 8.16. The maximum Gasteiger partial charge on any atom is 0.164 e.